The second-order valence-electron chi connectivity index (χ2n) is 5.33. The molecule has 1 fully saturated rings. The molecule has 0 aromatic heterocycles. The summed E-state index contributed by atoms with van der Waals surface area (Å²) in [4.78, 5) is 14.6. The van der Waals surface area contributed by atoms with Crippen LogP contribution >= 0.6 is 0 Å². The zero-order valence-corrected chi connectivity index (χ0v) is 10.7. The first-order chi connectivity index (χ1) is 9.34. The molecule has 0 spiro atoms. The van der Waals surface area contributed by atoms with Crippen LogP contribution in [0.3, 0.4) is 0 Å². The highest BCUT2D eigenvalue weighted by atomic mass is 16.2. The van der Waals surface area contributed by atoms with Crippen molar-refractivity contribution in [1.82, 2.24) is 4.90 Å². The molecule has 4 rings (SSSR count). The van der Waals surface area contributed by atoms with E-state index in [1.54, 1.807) is 0 Å². The summed E-state index contributed by atoms with van der Waals surface area (Å²) in [6, 6.07) is 18.5. The van der Waals surface area contributed by atoms with E-state index in [-0.39, 0.29) is 11.4 Å². The Labute approximate surface area is 112 Å². The Morgan fingerprint density at radius 2 is 1.68 bits per heavy atom. The molecule has 0 radical (unpaired) electrons. The molecule has 2 heterocycles. The third-order valence-corrected chi connectivity index (χ3v) is 4.48. The molecule has 2 aromatic carbocycles. The van der Waals surface area contributed by atoms with E-state index in [1.165, 1.54) is 11.1 Å². The first kappa shape index (κ1) is 10.8. The molecule has 2 aromatic rings. The number of fused-ring (bicyclic) bond motifs is 3. The van der Waals surface area contributed by atoms with Gasteiger partial charge in [0.2, 0.25) is 0 Å². The van der Waals surface area contributed by atoms with Crippen molar-refractivity contribution in [3.05, 3.63) is 71.3 Å². The minimum Gasteiger partial charge on any atom is -0.325 e. The van der Waals surface area contributed by atoms with E-state index in [9.17, 15) is 4.79 Å². The number of hydrogen-bond acceptors (Lipinski definition) is 1. The maximum atomic E-state index is 12.6. The Bertz CT molecular complexity index is 649. The molecule has 0 saturated carbocycles. The molecule has 2 heteroatoms. The molecular weight excluding hydrogens is 234 g/mol. The van der Waals surface area contributed by atoms with E-state index in [4.69, 9.17) is 0 Å². The number of hydrogen-bond donors (Lipinski definition) is 0. The summed E-state index contributed by atoms with van der Waals surface area (Å²) in [6.45, 7) is 0.863. The highest BCUT2D eigenvalue weighted by Gasteiger charge is 2.52. The predicted molar refractivity (Wildman–Crippen MR) is 73.9 cm³/mol. The largest absolute Gasteiger partial charge is 0.325 e. The molecule has 0 unspecified atom stereocenters. The van der Waals surface area contributed by atoms with Crippen LogP contribution in [0.15, 0.2) is 54.6 Å². The van der Waals surface area contributed by atoms with E-state index >= 15 is 0 Å². The summed E-state index contributed by atoms with van der Waals surface area (Å²) in [5.74, 6) is 0.192. The first-order valence-electron chi connectivity index (χ1n) is 6.81. The van der Waals surface area contributed by atoms with E-state index in [0.29, 0.717) is 0 Å². The molecule has 2 aliphatic heterocycles. The van der Waals surface area contributed by atoms with Gasteiger partial charge >= 0.3 is 0 Å². The number of benzene rings is 2. The third-order valence-electron chi connectivity index (χ3n) is 4.48. The van der Waals surface area contributed by atoms with Gasteiger partial charge in [0.15, 0.2) is 0 Å². The zero-order valence-electron chi connectivity index (χ0n) is 10.7. The minimum absolute atomic E-state index is 0.192. The van der Waals surface area contributed by atoms with Gasteiger partial charge < -0.3 is 4.90 Å². The Morgan fingerprint density at radius 3 is 2.53 bits per heavy atom. The van der Waals surface area contributed by atoms with Crippen LogP contribution in [0.5, 0.6) is 0 Å². The molecule has 94 valence electrons. The molecule has 0 bridgehead atoms. The van der Waals surface area contributed by atoms with Crippen molar-refractivity contribution < 1.29 is 4.79 Å². The molecular formula is C17H15NO. The van der Waals surface area contributed by atoms with Gasteiger partial charge in [0.1, 0.15) is 0 Å². The number of nitrogens with zero attached hydrogens (tertiary/aromatic N) is 1. The maximum Gasteiger partial charge on any atom is 0.255 e. The first-order valence-corrected chi connectivity index (χ1v) is 6.81. The lowest BCUT2D eigenvalue weighted by Gasteiger charge is -2.33. The Balaban J connectivity index is 2.02. The number of rotatable bonds is 1. The van der Waals surface area contributed by atoms with Gasteiger partial charge in [-0.2, -0.15) is 0 Å². The lowest BCUT2D eigenvalue weighted by atomic mass is 9.81. The fourth-order valence-corrected chi connectivity index (χ4v) is 3.72. The molecule has 1 atom stereocenters. The highest BCUT2D eigenvalue weighted by Crippen LogP contribution is 2.50. The van der Waals surface area contributed by atoms with Crippen molar-refractivity contribution in [2.24, 2.45) is 0 Å². The fraction of sp³-hybridized carbons (Fsp3) is 0.235. The Morgan fingerprint density at radius 1 is 0.947 bits per heavy atom. The summed E-state index contributed by atoms with van der Waals surface area (Å²) in [5.41, 5.74) is 3.09. The second kappa shape index (κ2) is 3.70. The lowest BCUT2D eigenvalue weighted by Crippen LogP contribution is -2.39. The van der Waals surface area contributed by atoms with Gasteiger partial charge in [0.05, 0.1) is 5.54 Å². The van der Waals surface area contributed by atoms with Crippen molar-refractivity contribution in [2.45, 2.75) is 18.4 Å². The van der Waals surface area contributed by atoms with Crippen LogP contribution in [0, 0.1) is 0 Å². The maximum absolute atomic E-state index is 12.6. The molecule has 1 amide bonds. The molecule has 2 nitrogen and oxygen atoms in total. The average molecular weight is 249 g/mol. The van der Waals surface area contributed by atoms with Crippen LogP contribution in [0.4, 0.5) is 0 Å². The van der Waals surface area contributed by atoms with Crippen molar-refractivity contribution >= 4 is 5.91 Å². The molecule has 1 saturated heterocycles. The van der Waals surface area contributed by atoms with Crippen LogP contribution in [0.2, 0.25) is 0 Å². The molecule has 0 N–H and O–H groups in total. The van der Waals surface area contributed by atoms with Gasteiger partial charge in [-0.25, -0.2) is 0 Å². The van der Waals surface area contributed by atoms with Crippen molar-refractivity contribution in [3.8, 4) is 0 Å². The topological polar surface area (TPSA) is 20.3 Å². The van der Waals surface area contributed by atoms with Gasteiger partial charge in [0.25, 0.3) is 5.91 Å². The SMILES string of the molecule is O=C1c2ccccc2[C@]2(c3ccccc3)CCCN12. The average Bonchev–Trinajstić information content (AvgIpc) is 3.01. The van der Waals surface area contributed by atoms with E-state index in [1.807, 2.05) is 24.3 Å². The number of amides is 1. The number of carbonyl (C=O) groups is 1. The predicted octanol–water partition coefficient (Wildman–Crippen LogP) is 3.18. The van der Waals surface area contributed by atoms with Crippen molar-refractivity contribution in [2.75, 3.05) is 6.54 Å². The monoisotopic (exact) mass is 249 g/mol. The van der Waals surface area contributed by atoms with Gasteiger partial charge in [-0.05, 0) is 30.0 Å². The van der Waals surface area contributed by atoms with Crippen LogP contribution in [0.1, 0.15) is 34.3 Å². The summed E-state index contributed by atoms with van der Waals surface area (Å²) < 4.78 is 0. The quantitative estimate of drug-likeness (QED) is 0.760. The normalized spacial score (nSPS) is 24.4. The Hall–Kier alpha value is -2.09. The van der Waals surface area contributed by atoms with Crippen LogP contribution in [-0.4, -0.2) is 17.4 Å². The third kappa shape index (κ3) is 1.24. The van der Waals surface area contributed by atoms with Crippen LogP contribution in [-0.2, 0) is 5.54 Å². The summed E-state index contributed by atoms with van der Waals surface area (Å²) in [7, 11) is 0. The summed E-state index contributed by atoms with van der Waals surface area (Å²) in [5, 5.41) is 0. The van der Waals surface area contributed by atoms with E-state index < -0.39 is 0 Å². The number of carbonyl (C=O) groups excluding carboxylic acids is 1. The summed E-state index contributed by atoms with van der Waals surface area (Å²) >= 11 is 0. The molecule has 0 aliphatic carbocycles. The van der Waals surface area contributed by atoms with Gasteiger partial charge in [0, 0.05) is 12.1 Å². The van der Waals surface area contributed by atoms with Crippen LogP contribution < -0.4 is 0 Å². The van der Waals surface area contributed by atoms with Gasteiger partial charge in [-0.3, -0.25) is 4.79 Å². The highest BCUT2D eigenvalue weighted by molar-refractivity contribution is 6.01. The smallest absolute Gasteiger partial charge is 0.255 e. The van der Waals surface area contributed by atoms with Crippen molar-refractivity contribution in [3.63, 3.8) is 0 Å². The standard InChI is InChI=1S/C17H15NO/c19-16-14-9-4-5-10-15(14)17(11-6-12-18(16)17)13-7-2-1-3-8-13/h1-5,7-10H,6,11-12H2/t17-/m1/s1. The van der Waals surface area contributed by atoms with Crippen LogP contribution in [0.25, 0.3) is 0 Å². The zero-order chi connectivity index (χ0) is 12.9. The second-order valence-corrected chi connectivity index (χ2v) is 5.33. The lowest BCUT2D eigenvalue weighted by molar-refractivity contribution is 0.0711. The van der Waals surface area contributed by atoms with Crippen molar-refractivity contribution in [1.29, 1.82) is 0 Å². The Kier molecular flexibility index (Phi) is 2.10. The van der Waals surface area contributed by atoms with Gasteiger partial charge in [-0.1, -0.05) is 48.5 Å². The fourth-order valence-electron chi connectivity index (χ4n) is 3.72. The van der Waals surface area contributed by atoms with E-state index in [0.717, 1.165) is 24.9 Å². The minimum atomic E-state index is -0.213. The van der Waals surface area contributed by atoms with Gasteiger partial charge in [-0.15, -0.1) is 0 Å². The van der Waals surface area contributed by atoms with E-state index in [2.05, 4.69) is 35.2 Å². The molecule has 2 aliphatic rings. The molecule has 19 heavy (non-hydrogen) atoms. The summed E-state index contributed by atoms with van der Waals surface area (Å²) in [6.07, 6.45) is 2.11.